The first-order valence-corrected chi connectivity index (χ1v) is 9.64. The highest BCUT2D eigenvalue weighted by Crippen LogP contribution is 2.38. The lowest BCUT2D eigenvalue weighted by Crippen LogP contribution is -2.17. The largest absolute Gasteiger partial charge is 0.486 e. The van der Waals surface area contributed by atoms with Crippen molar-refractivity contribution >= 4 is 23.2 Å². The van der Waals surface area contributed by atoms with Crippen molar-refractivity contribution in [2.75, 3.05) is 18.5 Å². The summed E-state index contributed by atoms with van der Waals surface area (Å²) in [6.07, 6.45) is 1.00. The van der Waals surface area contributed by atoms with Crippen LogP contribution in [0, 0.1) is 19.8 Å². The van der Waals surface area contributed by atoms with Crippen molar-refractivity contribution in [2.45, 2.75) is 47.1 Å². The third-order valence-corrected chi connectivity index (χ3v) is 4.89. The molecule has 1 aliphatic rings. The molecule has 1 amide bonds. The molecule has 0 saturated heterocycles. The molecule has 0 spiro atoms. The smallest absolute Gasteiger partial charge is 0.224 e. The monoisotopic (exact) mass is 391 g/mol. The number of amides is 1. The maximum atomic E-state index is 12.4. The summed E-state index contributed by atoms with van der Waals surface area (Å²) in [6, 6.07) is 3.39. The van der Waals surface area contributed by atoms with Gasteiger partial charge < -0.3 is 14.8 Å². The zero-order valence-corrected chi connectivity index (χ0v) is 17.0. The van der Waals surface area contributed by atoms with Crippen molar-refractivity contribution in [1.82, 2.24) is 9.78 Å². The topological polar surface area (TPSA) is 65.4 Å². The molecule has 0 atom stereocenters. The molecule has 0 unspecified atom stereocenters. The standard InChI is InChI=1S/C20H26ClN3O3/c1-12(2)11-24-14(4)15(13(3)23-24)5-6-20(25)22-17-10-19-18(9-16(17)21)26-7-8-27-19/h9-10,12H,5-8,11H2,1-4H3,(H,22,25). The van der Waals surface area contributed by atoms with Gasteiger partial charge in [-0.1, -0.05) is 25.4 Å². The van der Waals surface area contributed by atoms with Gasteiger partial charge in [-0.15, -0.1) is 0 Å². The number of fused-ring (bicyclic) bond motifs is 1. The quantitative estimate of drug-likeness (QED) is 0.803. The zero-order valence-electron chi connectivity index (χ0n) is 16.3. The van der Waals surface area contributed by atoms with Crippen LogP contribution < -0.4 is 14.8 Å². The molecule has 0 radical (unpaired) electrons. The molecular formula is C20H26ClN3O3. The Labute approximate surface area is 164 Å². The second kappa shape index (κ2) is 8.21. The Morgan fingerprint density at radius 3 is 2.59 bits per heavy atom. The van der Waals surface area contributed by atoms with E-state index in [1.165, 1.54) is 0 Å². The number of anilines is 1. The molecule has 0 bridgehead atoms. The predicted molar refractivity (Wildman–Crippen MR) is 106 cm³/mol. The molecule has 3 rings (SSSR count). The van der Waals surface area contributed by atoms with Crippen molar-refractivity contribution in [3.63, 3.8) is 0 Å². The summed E-state index contributed by atoms with van der Waals surface area (Å²) in [5.41, 5.74) is 3.79. The van der Waals surface area contributed by atoms with E-state index in [0.717, 1.165) is 23.5 Å². The van der Waals surface area contributed by atoms with Crippen LogP contribution in [-0.2, 0) is 17.8 Å². The number of carbonyl (C=O) groups excluding carboxylic acids is 1. The van der Waals surface area contributed by atoms with E-state index in [1.807, 2.05) is 11.6 Å². The minimum atomic E-state index is -0.0935. The van der Waals surface area contributed by atoms with E-state index in [2.05, 4.69) is 31.2 Å². The average Bonchev–Trinajstić information content (AvgIpc) is 2.86. The summed E-state index contributed by atoms with van der Waals surface area (Å²) >= 11 is 6.26. The van der Waals surface area contributed by atoms with E-state index in [9.17, 15) is 4.79 Å². The Kier molecular flexibility index (Phi) is 5.95. The van der Waals surface area contributed by atoms with Gasteiger partial charge in [-0.25, -0.2) is 0 Å². The molecule has 6 nitrogen and oxygen atoms in total. The molecule has 1 aliphatic heterocycles. The lowest BCUT2D eigenvalue weighted by Gasteiger charge is -2.20. The van der Waals surface area contributed by atoms with Gasteiger partial charge >= 0.3 is 0 Å². The number of nitrogens with one attached hydrogen (secondary N) is 1. The second-order valence-electron chi connectivity index (χ2n) is 7.25. The minimum absolute atomic E-state index is 0.0935. The highest BCUT2D eigenvalue weighted by Gasteiger charge is 2.18. The van der Waals surface area contributed by atoms with Crippen molar-refractivity contribution < 1.29 is 14.3 Å². The highest BCUT2D eigenvalue weighted by molar-refractivity contribution is 6.34. The van der Waals surface area contributed by atoms with Gasteiger partial charge in [-0.05, 0) is 31.7 Å². The number of benzene rings is 1. The van der Waals surface area contributed by atoms with Crippen LogP contribution in [-0.4, -0.2) is 28.9 Å². The molecule has 0 fully saturated rings. The number of hydrogen-bond acceptors (Lipinski definition) is 4. The fraction of sp³-hybridized carbons (Fsp3) is 0.500. The van der Waals surface area contributed by atoms with Crippen molar-refractivity contribution in [3.8, 4) is 11.5 Å². The van der Waals surface area contributed by atoms with Gasteiger partial charge in [0.05, 0.1) is 16.4 Å². The third kappa shape index (κ3) is 4.56. The first kappa shape index (κ1) is 19.5. The maximum Gasteiger partial charge on any atom is 0.224 e. The lowest BCUT2D eigenvalue weighted by atomic mass is 10.1. The summed E-state index contributed by atoms with van der Waals surface area (Å²) in [5.74, 6) is 1.64. The van der Waals surface area contributed by atoms with Crippen LogP contribution in [0.1, 0.15) is 37.2 Å². The van der Waals surface area contributed by atoms with Crippen LogP contribution in [0.3, 0.4) is 0 Å². The Balaban J connectivity index is 1.65. The summed E-state index contributed by atoms with van der Waals surface area (Å²) in [4.78, 5) is 12.4. The normalized spacial score (nSPS) is 13.1. The van der Waals surface area contributed by atoms with Crippen molar-refractivity contribution in [1.29, 1.82) is 0 Å². The third-order valence-electron chi connectivity index (χ3n) is 4.58. The Morgan fingerprint density at radius 1 is 1.26 bits per heavy atom. The van der Waals surface area contributed by atoms with Gasteiger partial charge in [-0.3, -0.25) is 9.48 Å². The molecule has 146 valence electrons. The molecule has 27 heavy (non-hydrogen) atoms. The minimum Gasteiger partial charge on any atom is -0.486 e. The molecule has 1 aromatic heterocycles. The number of hydrogen-bond donors (Lipinski definition) is 1. The van der Waals surface area contributed by atoms with Crippen LogP contribution >= 0.6 is 11.6 Å². The Morgan fingerprint density at radius 2 is 1.93 bits per heavy atom. The van der Waals surface area contributed by atoms with Crippen LogP contribution in [0.5, 0.6) is 11.5 Å². The fourth-order valence-corrected chi connectivity index (χ4v) is 3.43. The van der Waals surface area contributed by atoms with E-state index in [4.69, 9.17) is 21.1 Å². The van der Waals surface area contributed by atoms with E-state index < -0.39 is 0 Å². The average molecular weight is 392 g/mol. The molecule has 1 N–H and O–H groups in total. The number of aryl methyl sites for hydroxylation is 1. The number of ether oxygens (including phenoxy) is 2. The Hall–Kier alpha value is -2.21. The molecule has 0 aliphatic carbocycles. The van der Waals surface area contributed by atoms with Gasteiger partial charge in [0.25, 0.3) is 0 Å². The fourth-order valence-electron chi connectivity index (χ4n) is 3.23. The molecule has 7 heteroatoms. The van der Waals surface area contributed by atoms with Crippen molar-refractivity contribution in [3.05, 3.63) is 34.1 Å². The van der Waals surface area contributed by atoms with Crippen molar-refractivity contribution in [2.24, 2.45) is 5.92 Å². The number of rotatable bonds is 6. The van der Waals surface area contributed by atoms with Gasteiger partial charge in [-0.2, -0.15) is 5.10 Å². The van der Waals surface area contributed by atoms with Gasteiger partial charge in [0.15, 0.2) is 11.5 Å². The summed E-state index contributed by atoms with van der Waals surface area (Å²) in [6.45, 7) is 10.3. The lowest BCUT2D eigenvalue weighted by molar-refractivity contribution is -0.116. The first-order valence-electron chi connectivity index (χ1n) is 9.27. The predicted octanol–water partition coefficient (Wildman–Crippen LogP) is 4.15. The zero-order chi connectivity index (χ0) is 19.6. The molecule has 2 heterocycles. The van der Waals surface area contributed by atoms with E-state index >= 15 is 0 Å². The number of nitrogens with zero attached hydrogens (tertiary/aromatic N) is 2. The van der Waals surface area contributed by atoms with E-state index in [-0.39, 0.29) is 5.91 Å². The number of aromatic nitrogens is 2. The summed E-state index contributed by atoms with van der Waals surface area (Å²) in [7, 11) is 0. The van der Waals surface area contributed by atoms with E-state index in [0.29, 0.717) is 54.2 Å². The highest BCUT2D eigenvalue weighted by atomic mass is 35.5. The van der Waals surface area contributed by atoms with Crippen LogP contribution in [0.4, 0.5) is 5.69 Å². The molecular weight excluding hydrogens is 366 g/mol. The molecule has 0 saturated carbocycles. The van der Waals surface area contributed by atoms with Gasteiger partial charge in [0.2, 0.25) is 5.91 Å². The van der Waals surface area contributed by atoms with Gasteiger partial charge in [0, 0.05) is 30.8 Å². The van der Waals surface area contributed by atoms with E-state index in [1.54, 1.807) is 12.1 Å². The Bertz CT molecular complexity index is 845. The maximum absolute atomic E-state index is 12.4. The van der Waals surface area contributed by atoms with Crippen LogP contribution in [0.25, 0.3) is 0 Å². The molecule has 2 aromatic rings. The molecule has 1 aromatic carbocycles. The number of halogens is 1. The number of carbonyl (C=O) groups is 1. The van der Waals surface area contributed by atoms with Crippen LogP contribution in [0.15, 0.2) is 12.1 Å². The first-order chi connectivity index (χ1) is 12.8. The van der Waals surface area contributed by atoms with Gasteiger partial charge in [0.1, 0.15) is 13.2 Å². The summed E-state index contributed by atoms with van der Waals surface area (Å²) < 4.78 is 13.1. The second-order valence-corrected chi connectivity index (χ2v) is 7.66. The summed E-state index contributed by atoms with van der Waals surface area (Å²) in [5, 5.41) is 7.92. The van der Waals surface area contributed by atoms with Crippen LogP contribution in [0.2, 0.25) is 5.02 Å². The SMILES string of the molecule is Cc1nn(CC(C)C)c(C)c1CCC(=O)Nc1cc2c(cc1Cl)OCCO2.